The van der Waals surface area contributed by atoms with Crippen molar-refractivity contribution in [1.82, 2.24) is 14.8 Å². The van der Waals surface area contributed by atoms with Crippen LogP contribution in [0.5, 0.6) is 5.75 Å². The number of benzene rings is 1. The molecule has 0 bridgehead atoms. The van der Waals surface area contributed by atoms with Gasteiger partial charge < -0.3 is 13.9 Å². The van der Waals surface area contributed by atoms with Crippen molar-refractivity contribution in [2.24, 2.45) is 0 Å². The summed E-state index contributed by atoms with van der Waals surface area (Å²) in [5.74, 6) is 1.61. The van der Waals surface area contributed by atoms with E-state index in [4.69, 9.17) is 13.9 Å². The molecule has 0 radical (unpaired) electrons. The summed E-state index contributed by atoms with van der Waals surface area (Å²) < 4.78 is 18.7. The van der Waals surface area contributed by atoms with Crippen LogP contribution in [0.1, 0.15) is 5.56 Å². The first-order chi connectivity index (χ1) is 12.8. The second kappa shape index (κ2) is 7.41. The van der Waals surface area contributed by atoms with E-state index >= 15 is 0 Å². The Balaban J connectivity index is 1.46. The number of fused-ring (bicyclic) bond motifs is 1. The van der Waals surface area contributed by atoms with Crippen LogP contribution >= 0.6 is 0 Å². The molecule has 0 N–H and O–H groups in total. The van der Waals surface area contributed by atoms with Gasteiger partial charge in [0.15, 0.2) is 0 Å². The molecule has 0 unspecified atom stereocenters. The molecule has 0 fully saturated rings. The maximum Gasteiger partial charge on any atom is 0.135 e. The van der Waals surface area contributed by atoms with Gasteiger partial charge in [-0.2, -0.15) is 5.10 Å². The molecule has 26 heavy (non-hydrogen) atoms. The summed E-state index contributed by atoms with van der Waals surface area (Å²) in [4.78, 5) is 4.03. The summed E-state index contributed by atoms with van der Waals surface area (Å²) in [6, 6.07) is 11.7. The minimum absolute atomic E-state index is 0.466. The molecule has 4 rings (SSSR count). The Bertz CT molecular complexity index is 992. The van der Waals surface area contributed by atoms with E-state index in [1.165, 1.54) is 0 Å². The number of hydrogen-bond donors (Lipinski definition) is 0. The van der Waals surface area contributed by atoms with Crippen molar-refractivity contribution in [2.45, 2.75) is 13.2 Å². The van der Waals surface area contributed by atoms with Crippen LogP contribution in [0.4, 0.5) is 0 Å². The first kappa shape index (κ1) is 16.4. The Morgan fingerprint density at radius 1 is 1.12 bits per heavy atom. The van der Waals surface area contributed by atoms with Crippen molar-refractivity contribution in [3.63, 3.8) is 0 Å². The lowest BCUT2D eigenvalue weighted by atomic mass is 10.2. The molecule has 0 saturated heterocycles. The highest BCUT2D eigenvalue weighted by atomic mass is 16.5. The number of methoxy groups -OCH3 is 1. The zero-order chi connectivity index (χ0) is 17.8. The van der Waals surface area contributed by atoms with Crippen LogP contribution in [0.2, 0.25) is 0 Å². The van der Waals surface area contributed by atoms with Crippen molar-refractivity contribution >= 4 is 11.0 Å². The third-order valence-corrected chi connectivity index (χ3v) is 4.07. The third kappa shape index (κ3) is 3.60. The van der Waals surface area contributed by atoms with Crippen molar-refractivity contribution in [2.75, 3.05) is 13.7 Å². The van der Waals surface area contributed by atoms with Crippen LogP contribution in [-0.2, 0) is 17.9 Å². The van der Waals surface area contributed by atoms with E-state index in [0.717, 1.165) is 40.2 Å². The standard InChI is InChI=1S/C20H19N3O3/c1-24-9-8-23-13-15(12-22-23)14-25-18-2-3-19-17(10-18)11-20(26-19)16-4-6-21-7-5-16/h2-7,10-13H,8-9,14H2,1H3. The van der Waals surface area contributed by atoms with Crippen LogP contribution in [0.25, 0.3) is 22.3 Å². The van der Waals surface area contributed by atoms with Crippen molar-refractivity contribution in [1.29, 1.82) is 0 Å². The highest BCUT2D eigenvalue weighted by molar-refractivity contribution is 5.84. The Hall–Kier alpha value is -3.12. The smallest absolute Gasteiger partial charge is 0.135 e. The Kier molecular flexibility index (Phi) is 4.66. The van der Waals surface area contributed by atoms with Crippen LogP contribution < -0.4 is 4.74 Å². The fourth-order valence-corrected chi connectivity index (χ4v) is 2.72. The first-order valence-corrected chi connectivity index (χ1v) is 8.39. The Morgan fingerprint density at radius 2 is 2.00 bits per heavy atom. The quantitative estimate of drug-likeness (QED) is 0.506. The van der Waals surface area contributed by atoms with Crippen LogP contribution in [0, 0.1) is 0 Å². The molecule has 6 heteroatoms. The number of ether oxygens (including phenoxy) is 2. The highest BCUT2D eigenvalue weighted by Crippen LogP contribution is 2.30. The second-order valence-corrected chi connectivity index (χ2v) is 5.94. The van der Waals surface area contributed by atoms with E-state index in [1.54, 1.807) is 19.5 Å². The lowest BCUT2D eigenvalue weighted by Crippen LogP contribution is -2.04. The third-order valence-electron chi connectivity index (χ3n) is 4.07. The molecular weight excluding hydrogens is 330 g/mol. The van der Waals surface area contributed by atoms with Gasteiger partial charge in [-0.1, -0.05) is 0 Å². The molecule has 132 valence electrons. The maximum atomic E-state index is 5.90. The summed E-state index contributed by atoms with van der Waals surface area (Å²) in [7, 11) is 1.68. The molecule has 3 aromatic heterocycles. The van der Waals surface area contributed by atoms with Crippen LogP contribution in [-0.4, -0.2) is 28.5 Å². The molecule has 0 aliphatic carbocycles. The van der Waals surface area contributed by atoms with Crippen molar-refractivity contribution in [3.05, 3.63) is 66.7 Å². The lowest BCUT2D eigenvalue weighted by Gasteiger charge is -2.04. The van der Waals surface area contributed by atoms with Gasteiger partial charge in [-0.05, 0) is 36.4 Å². The molecule has 0 spiro atoms. The molecule has 0 amide bonds. The minimum Gasteiger partial charge on any atom is -0.489 e. The van der Waals surface area contributed by atoms with E-state index in [-0.39, 0.29) is 0 Å². The number of nitrogens with zero attached hydrogens (tertiary/aromatic N) is 3. The first-order valence-electron chi connectivity index (χ1n) is 8.39. The van der Waals surface area contributed by atoms with Gasteiger partial charge in [-0.15, -0.1) is 0 Å². The van der Waals surface area contributed by atoms with E-state index in [2.05, 4.69) is 10.1 Å². The fourth-order valence-electron chi connectivity index (χ4n) is 2.72. The average molecular weight is 349 g/mol. The fraction of sp³-hybridized carbons (Fsp3) is 0.200. The van der Waals surface area contributed by atoms with E-state index in [0.29, 0.717) is 13.2 Å². The highest BCUT2D eigenvalue weighted by Gasteiger charge is 2.08. The number of rotatable bonds is 7. The van der Waals surface area contributed by atoms with Crippen molar-refractivity contribution < 1.29 is 13.9 Å². The summed E-state index contributed by atoms with van der Waals surface area (Å²) in [5, 5.41) is 5.29. The molecular formula is C20H19N3O3. The van der Waals surface area contributed by atoms with Gasteiger partial charge in [0.05, 0.1) is 19.3 Å². The molecule has 0 aliphatic heterocycles. The van der Waals surface area contributed by atoms with Gasteiger partial charge >= 0.3 is 0 Å². The molecule has 0 atom stereocenters. The predicted molar refractivity (Wildman–Crippen MR) is 97.9 cm³/mol. The normalized spacial score (nSPS) is 11.1. The zero-order valence-corrected chi connectivity index (χ0v) is 14.5. The Labute approximate surface area is 151 Å². The van der Waals surface area contributed by atoms with Crippen LogP contribution in [0.3, 0.4) is 0 Å². The number of hydrogen-bond acceptors (Lipinski definition) is 5. The largest absolute Gasteiger partial charge is 0.489 e. The van der Waals surface area contributed by atoms with Gasteiger partial charge in [0.25, 0.3) is 0 Å². The molecule has 4 aromatic rings. The molecule has 0 saturated carbocycles. The van der Waals surface area contributed by atoms with Gasteiger partial charge in [0, 0.05) is 42.2 Å². The number of aromatic nitrogens is 3. The summed E-state index contributed by atoms with van der Waals surface area (Å²) in [5.41, 5.74) is 2.85. The monoisotopic (exact) mass is 349 g/mol. The maximum absolute atomic E-state index is 5.90. The predicted octanol–water partition coefficient (Wildman–Crippen LogP) is 3.92. The average Bonchev–Trinajstić information content (AvgIpc) is 3.31. The number of pyridine rings is 1. The summed E-state index contributed by atoms with van der Waals surface area (Å²) in [6.45, 7) is 1.84. The summed E-state index contributed by atoms with van der Waals surface area (Å²) >= 11 is 0. The molecule has 1 aromatic carbocycles. The Morgan fingerprint density at radius 3 is 2.85 bits per heavy atom. The van der Waals surface area contributed by atoms with Crippen LogP contribution in [0.15, 0.2) is 65.6 Å². The topological polar surface area (TPSA) is 62.3 Å². The zero-order valence-electron chi connectivity index (χ0n) is 14.5. The second-order valence-electron chi connectivity index (χ2n) is 5.94. The minimum atomic E-state index is 0.466. The summed E-state index contributed by atoms with van der Waals surface area (Å²) in [6.07, 6.45) is 7.29. The lowest BCUT2D eigenvalue weighted by molar-refractivity contribution is 0.183. The van der Waals surface area contributed by atoms with E-state index < -0.39 is 0 Å². The van der Waals surface area contributed by atoms with Gasteiger partial charge in [0.1, 0.15) is 23.7 Å². The number of furan rings is 1. The molecule has 3 heterocycles. The molecule has 0 aliphatic rings. The van der Waals surface area contributed by atoms with Gasteiger partial charge in [-0.3, -0.25) is 9.67 Å². The molecule has 6 nitrogen and oxygen atoms in total. The van der Waals surface area contributed by atoms with Gasteiger partial charge in [0.2, 0.25) is 0 Å². The van der Waals surface area contributed by atoms with E-state index in [9.17, 15) is 0 Å². The SMILES string of the molecule is COCCn1cc(COc2ccc3oc(-c4ccncc4)cc3c2)cn1. The van der Waals surface area contributed by atoms with Crippen molar-refractivity contribution in [3.8, 4) is 17.1 Å². The van der Waals surface area contributed by atoms with E-state index in [1.807, 2.05) is 53.5 Å². The van der Waals surface area contributed by atoms with Gasteiger partial charge in [-0.25, -0.2) is 0 Å².